The lowest BCUT2D eigenvalue weighted by Gasteiger charge is -2.47. The Morgan fingerprint density at radius 2 is 1.28 bits per heavy atom. The molecule has 0 radical (unpaired) electrons. The maximum atomic E-state index is 4.73. The Morgan fingerprint density at radius 3 is 1.59 bits per heavy atom. The number of benzene rings is 3. The van der Waals surface area contributed by atoms with Crippen molar-refractivity contribution in [3.8, 4) is 0 Å². The predicted octanol–water partition coefficient (Wildman–Crippen LogP) is 7.03. The lowest BCUT2D eigenvalue weighted by molar-refractivity contribution is 0.328. The van der Waals surface area contributed by atoms with Crippen LogP contribution in [0, 0.1) is 0 Å². The Kier molecular flexibility index (Phi) is 8.28. The van der Waals surface area contributed by atoms with E-state index in [-0.39, 0.29) is 0 Å². The SMILES string of the molecule is C=C(/C=C\N(C)I)N(C(CC)=NC)C(c1ccccc1)(c1ccccc1)c1ccccc1. The molecule has 0 aliphatic carbocycles. The molecule has 0 aliphatic rings. The van der Waals surface area contributed by atoms with E-state index >= 15 is 0 Å². The third-order valence-electron chi connectivity index (χ3n) is 5.50. The quantitative estimate of drug-likeness (QED) is 0.0771. The molecule has 0 spiro atoms. The van der Waals surface area contributed by atoms with Crippen LogP contribution in [0.3, 0.4) is 0 Å². The van der Waals surface area contributed by atoms with E-state index in [1.165, 1.54) is 0 Å². The first-order valence-electron chi connectivity index (χ1n) is 10.7. The van der Waals surface area contributed by atoms with Crippen LogP contribution in [-0.4, -0.2) is 27.9 Å². The molecule has 0 atom stereocenters. The Bertz CT molecular complexity index is 961. The summed E-state index contributed by atoms with van der Waals surface area (Å²) in [7, 11) is 3.86. The monoisotopic (exact) mass is 535 g/mol. The Morgan fingerprint density at radius 1 is 0.875 bits per heavy atom. The van der Waals surface area contributed by atoms with Crippen LogP contribution in [0.15, 0.2) is 121 Å². The van der Waals surface area contributed by atoms with E-state index in [1.807, 2.05) is 23.4 Å². The molecule has 3 nitrogen and oxygen atoms in total. The summed E-state index contributed by atoms with van der Waals surface area (Å²) in [6.45, 7) is 6.66. The van der Waals surface area contributed by atoms with Crippen molar-refractivity contribution >= 4 is 28.7 Å². The van der Waals surface area contributed by atoms with Gasteiger partial charge in [0.1, 0.15) is 11.4 Å². The number of hydrogen-bond donors (Lipinski definition) is 0. The van der Waals surface area contributed by atoms with E-state index in [9.17, 15) is 0 Å². The molecule has 0 aliphatic heterocycles. The van der Waals surface area contributed by atoms with Gasteiger partial charge in [-0.2, -0.15) is 0 Å². The van der Waals surface area contributed by atoms with Gasteiger partial charge in [0.25, 0.3) is 0 Å². The fraction of sp³-hybridized carbons (Fsp3) is 0.179. The normalized spacial score (nSPS) is 12.1. The van der Waals surface area contributed by atoms with Crippen LogP contribution in [0.2, 0.25) is 0 Å². The van der Waals surface area contributed by atoms with Crippen molar-refractivity contribution in [2.75, 3.05) is 14.1 Å². The molecule has 0 aromatic heterocycles. The molecule has 0 saturated carbocycles. The fourth-order valence-electron chi connectivity index (χ4n) is 4.18. The van der Waals surface area contributed by atoms with E-state index in [2.05, 4.69) is 138 Å². The van der Waals surface area contributed by atoms with Gasteiger partial charge in [0, 0.05) is 32.4 Å². The molecule has 0 saturated heterocycles. The van der Waals surface area contributed by atoms with Crippen LogP contribution in [0.5, 0.6) is 0 Å². The number of allylic oxidation sites excluding steroid dienone is 1. The van der Waals surface area contributed by atoms with Crippen molar-refractivity contribution in [3.05, 3.63) is 132 Å². The van der Waals surface area contributed by atoms with Crippen molar-refractivity contribution in [3.63, 3.8) is 0 Å². The van der Waals surface area contributed by atoms with E-state index in [0.29, 0.717) is 0 Å². The summed E-state index contributed by atoms with van der Waals surface area (Å²) in [5.74, 6) is 0.965. The maximum absolute atomic E-state index is 4.73. The van der Waals surface area contributed by atoms with Crippen molar-refractivity contribution < 1.29 is 0 Å². The first kappa shape index (κ1) is 23.8. The zero-order valence-electron chi connectivity index (χ0n) is 18.9. The van der Waals surface area contributed by atoms with Crippen molar-refractivity contribution in [2.24, 2.45) is 4.99 Å². The molecule has 164 valence electrons. The van der Waals surface area contributed by atoms with Gasteiger partial charge in [-0.3, -0.25) is 4.99 Å². The average Bonchev–Trinajstić information content (AvgIpc) is 2.84. The highest BCUT2D eigenvalue weighted by atomic mass is 127. The second kappa shape index (κ2) is 11.1. The summed E-state index contributed by atoms with van der Waals surface area (Å²) in [5, 5.41) is 0. The number of nitrogens with zero attached hydrogens (tertiary/aromatic N) is 3. The molecule has 4 heteroatoms. The summed E-state index contributed by atoms with van der Waals surface area (Å²) in [6.07, 6.45) is 4.85. The molecule has 0 amide bonds. The van der Waals surface area contributed by atoms with Crippen molar-refractivity contribution in [1.29, 1.82) is 0 Å². The van der Waals surface area contributed by atoms with Gasteiger partial charge in [0.2, 0.25) is 0 Å². The molecular weight excluding hydrogens is 505 g/mol. The van der Waals surface area contributed by atoms with Gasteiger partial charge >= 0.3 is 0 Å². The van der Waals surface area contributed by atoms with Gasteiger partial charge in [0.05, 0.1) is 22.9 Å². The number of rotatable bonds is 8. The molecule has 32 heavy (non-hydrogen) atoms. The van der Waals surface area contributed by atoms with E-state index in [1.54, 1.807) is 0 Å². The number of hydrogen-bond acceptors (Lipinski definition) is 2. The summed E-state index contributed by atoms with van der Waals surface area (Å²) < 4.78 is 1.99. The molecule has 3 rings (SSSR count). The number of aliphatic imine (C=N–C) groups is 1. The van der Waals surface area contributed by atoms with Crippen molar-refractivity contribution in [1.82, 2.24) is 8.01 Å². The van der Waals surface area contributed by atoms with Crippen molar-refractivity contribution in [2.45, 2.75) is 18.9 Å². The van der Waals surface area contributed by atoms with Gasteiger partial charge in [-0.1, -0.05) is 104 Å². The van der Waals surface area contributed by atoms with Crippen LogP contribution in [-0.2, 0) is 5.54 Å². The molecule has 0 N–H and O–H groups in total. The second-order valence-electron chi connectivity index (χ2n) is 7.47. The first-order chi connectivity index (χ1) is 15.6. The minimum atomic E-state index is -0.639. The third-order valence-corrected chi connectivity index (χ3v) is 5.82. The van der Waals surface area contributed by atoms with E-state index < -0.39 is 5.54 Å². The summed E-state index contributed by atoms with van der Waals surface area (Å²) in [4.78, 5) is 7.03. The van der Waals surface area contributed by atoms with Gasteiger partial charge in [0.15, 0.2) is 0 Å². The van der Waals surface area contributed by atoms with Crippen LogP contribution < -0.4 is 0 Å². The third kappa shape index (κ3) is 4.80. The zero-order valence-corrected chi connectivity index (χ0v) is 21.1. The van der Waals surface area contributed by atoms with Gasteiger partial charge in [-0.15, -0.1) is 0 Å². The summed E-state index contributed by atoms with van der Waals surface area (Å²) in [6, 6.07) is 31.9. The first-order valence-corrected chi connectivity index (χ1v) is 11.7. The topological polar surface area (TPSA) is 18.8 Å². The minimum absolute atomic E-state index is 0.639. The fourth-order valence-corrected chi connectivity index (χ4v) is 4.34. The molecule has 0 unspecified atom stereocenters. The molecule has 0 bridgehead atoms. The minimum Gasteiger partial charge on any atom is -0.325 e. The standard InChI is InChI=1S/C28H30IN3/c1-5-27(30-3)32(23(2)21-22-31(4)29)28(24-15-9-6-10-16-24,25-17-11-7-12-18-25)26-19-13-8-14-20-26/h6-22H,2,5H2,1,3-4H3/b22-21-,30-27?. The summed E-state index contributed by atoms with van der Waals surface area (Å²) in [5.41, 5.74) is 3.70. The lowest BCUT2D eigenvalue weighted by Crippen LogP contribution is -2.50. The second-order valence-corrected chi connectivity index (χ2v) is 8.99. The Hall–Kier alpha value is -2.86. The van der Waals surface area contributed by atoms with Crippen LogP contribution >= 0.6 is 22.9 Å². The summed E-state index contributed by atoms with van der Waals surface area (Å²) >= 11 is 2.25. The van der Waals surface area contributed by atoms with Gasteiger partial charge in [-0.05, 0) is 22.8 Å². The number of amidine groups is 1. The van der Waals surface area contributed by atoms with Gasteiger partial charge < -0.3 is 8.01 Å². The van der Waals surface area contributed by atoms with Crippen LogP contribution in [0.25, 0.3) is 0 Å². The largest absolute Gasteiger partial charge is 0.325 e. The lowest BCUT2D eigenvalue weighted by atomic mass is 9.75. The highest BCUT2D eigenvalue weighted by Gasteiger charge is 2.44. The van der Waals surface area contributed by atoms with E-state index in [4.69, 9.17) is 4.99 Å². The highest BCUT2D eigenvalue weighted by Crippen LogP contribution is 2.44. The number of halogens is 1. The molecular formula is C28H30IN3. The Labute approximate surface area is 206 Å². The zero-order chi connectivity index (χ0) is 23.0. The Balaban J connectivity index is 2.46. The molecule has 0 fully saturated rings. The van der Waals surface area contributed by atoms with E-state index in [0.717, 1.165) is 34.6 Å². The van der Waals surface area contributed by atoms with Crippen LogP contribution in [0.1, 0.15) is 30.0 Å². The smallest absolute Gasteiger partial charge is 0.122 e. The van der Waals surface area contributed by atoms with Crippen LogP contribution in [0.4, 0.5) is 0 Å². The predicted molar refractivity (Wildman–Crippen MR) is 145 cm³/mol. The average molecular weight is 535 g/mol. The van der Waals surface area contributed by atoms with Gasteiger partial charge in [-0.25, -0.2) is 0 Å². The molecule has 3 aromatic carbocycles. The maximum Gasteiger partial charge on any atom is 0.122 e. The highest BCUT2D eigenvalue weighted by molar-refractivity contribution is 14.1. The molecule has 3 aromatic rings. The molecule has 0 heterocycles.